The highest BCUT2D eigenvalue weighted by Crippen LogP contribution is 2.43. The van der Waals surface area contributed by atoms with E-state index >= 15 is 4.39 Å². The van der Waals surface area contributed by atoms with Gasteiger partial charge in [-0.2, -0.15) is 0 Å². The van der Waals surface area contributed by atoms with E-state index in [1.165, 1.54) is 12.3 Å². The molecule has 1 aliphatic carbocycles. The van der Waals surface area contributed by atoms with E-state index < -0.39 is 29.5 Å². The minimum absolute atomic E-state index is 0.124. The third-order valence-electron chi connectivity index (χ3n) is 5.57. The number of halogens is 1. The lowest BCUT2D eigenvalue weighted by molar-refractivity contribution is -0.135. The van der Waals surface area contributed by atoms with Gasteiger partial charge in [0.1, 0.15) is 29.8 Å². The Balaban J connectivity index is 1.78. The first-order valence-corrected chi connectivity index (χ1v) is 8.82. The van der Waals surface area contributed by atoms with Crippen molar-refractivity contribution in [1.29, 1.82) is 0 Å². The fraction of sp³-hybridized carbons (Fsp3) is 0.556. The Bertz CT molecular complexity index is 752. The molecule has 26 heavy (non-hydrogen) atoms. The van der Waals surface area contributed by atoms with Gasteiger partial charge in [-0.05, 0) is 20.0 Å². The van der Waals surface area contributed by atoms with Crippen molar-refractivity contribution in [3.8, 4) is 0 Å². The van der Waals surface area contributed by atoms with Crippen molar-refractivity contribution in [2.24, 2.45) is 5.92 Å². The van der Waals surface area contributed by atoms with Crippen LogP contribution < -0.4 is 0 Å². The number of nitrogens with zero attached hydrogens (tertiary/aromatic N) is 3. The molecule has 3 atom stereocenters. The van der Waals surface area contributed by atoms with Crippen LogP contribution in [-0.4, -0.2) is 83.5 Å². The lowest BCUT2D eigenvalue weighted by Crippen LogP contribution is -2.55. The quantitative estimate of drug-likeness (QED) is 0.719. The molecule has 0 saturated carbocycles. The minimum atomic E-state index is -1.29. The zero-order chi connectivity index (χ0) is 18.6. The molecule has 1 N–H and O–H groups in total. The number of carbonyl (C=O) groups is 2. The number of carbonyl (C=O) groups excluding carboxylic acids is 1. The normalized spacial score (nSPS) is 32.7. The molecule has 2 unspecified atom stereocenters. The maximum atomic E-state index is 15.0. The molecular weight excluding hydrogens is 341 g/mol. The summed E-state index contributed by atoms with van der Waals surface area (Å²) in [6.07, 6.45) is 2.65. The number of hydrogen-bond acceptors (Lipinski definition) is 6. The van der Waals surface area contributed by atoms with Crippen LogP contribution in [0.5, 0.6) is 0 Å². The maximum absolute atomic E-state index is 15.0. The van der Waals surface area contributed by atoms with Gasteiger partial charge in [-0.25, -0.2) is 9.18 Å². The number of rotatable bonds is 2. The van der Waals surface area contributed by atoms with Gasteiger partial charge >= 0.3 is 5.97 Å². The van der Waals surface area contributed by atoms with Crippen molar-refractivity contribution in [3.63, 3.8) is 0 Å². The molecular formula is C18H22FN3O4. The van der Waals surface area contributed by atoms with Crippen molar-refractivity contribution < 1.29 is 23.8 Å². The number of ether oxygens (including phenoxy) is 1. The number of ketones is 1. The summed E-state index contributed by atoms with van der Waals surface area (Å²) in [6.45, 7) is 5.28. The van der Waals surface area contributed by atoms with Crippen LogP contribution in [0.1, 0.15) is 6.92 Å². The number of carboxylic acids is 1. The highest BCUT2D eigenvalue weighted by Gasteiger charge is 2.48. The molecule has 3 aliphatic heterocycles. The molecule has 1 fully saturated rings. The fourth-order valence-electron chi connectivity index (χ4n) is 4.06. The first kappa shape index (κ1) is 17.2. The van der Waals surface area contributed by atoms with Crippen molar-refractivity contribution in [3.05, 3.63) is 35.1 Å². The predicted octanol–water partition coefficient (Wildman–Crippen LogP) is 0.569. The summed E-state index contributed by atoms with van der Waals surface area (Å²) in [5.41, 5.74) is 0.276. The third kappa shape index (κ3) is 2.55. The largest absolute Gasteiger partial charge is 0.492 e. The minimum Gasteiger partial charge on any atom is -0.492 e. The molecule has 0 radical (unpaired) electrons. The van der Waals surface area contributed by atoms with Crippen LogP contribution in [0, 0.1) is 5.92 Å². The lowest BCUT2D eigenvalue weighted by atomic mass is 9.82. The zero-order valence-corrected chi connectivity index (χ0v) is 14.8. The van der Waals surface area contributed by atoms with Gasteiger partial charge < -0.3 is 19.6 Å². The Morgan fingerprint density at radius 1 is 1.31 bits per heavy atom. The van der Waals surface area contributed by atoms with E-state index in [1.807, 2.05) is 18.9 Å². The smallest absolute Gasteiger partial charge is 0.340 e. The number of Topliss-reactive ketones (excluding diaryl/α,β-unsaturated/α-hetero) is 1. The van der Waals surface area contributed by atoms with Gasteiger partial charge in [-0.15, -0.1) is 0 Å². The van der Waals surface area contributed by atoms with Gasteiger partial charge in [-0.3, -0.25) is 9.69 Å². The topological polar surface area (TPSA) is 73.3 Å². The van der Waals surface area contributed by atoms with Crippen LogP contribution >= 0.6 is 0 Å². The summed E-state index contributed by atoms with van der Waals surface area (Å²) in [5.74, 6) is -2.80. The number of hydrogen-bond donors (Lipinski definition) is 1. The van der Waals surface area contributed by atoms with Gasteiger partial charge in [0.05, 0.1) is 17.7 Å². The third-order valence-corrected chi connectivity index (χ3v) is 5.57. The highest BCUT2D eigenvalue weighted by molar-refractivity contribution is 6.19. The summed E-state index contributed by atoms with van der Waals surface area (Å²) < 4.78 is 21.0. The van der Waals surface area contributed by atoms with Gasteiger partial charge in [-0.1, -0.05) is 0 Å². The summed E-state index contributed by atoms with van der Waals surface area (Å²) in [5, 5.41) is 9.34. The molecule has 7 nitrogen and oxygen atoms in total. The summed E-state index contributed by atoms with van der Waals surface area (Å²) in [4.78, 5) is 30.0. The van der Waals surface area contributed by atoms with E-state index in [1.54, 1.807) is 4.90 Å². The average molecular weight is 363 g/mol. The molecule has 0 spiro atoms. The number of piperazine rings is 1. The van der Waals surface area contributed by atoms with E-state index in [2.05, 4.69) is 4.90 Å². The highest BCUT2D eigenvalue weighted by atomic mass is 19.1. The number of likely N-dealkylation sites (N-methyl/N-ethyl adjacent to an activating group) is 1. The maximum Gasteiger partial charge on any atom is 0.340 e. The van der Waals surface area contributed by atoms with Crippen LogP contribution in [-0.2, 0) is 14.3 Å². The van der Waals surface area contributed by atoms with Crippen molar-refractivity contribution in [1.82, 2.24) is 14.7 Å². The van der Waals surface area contributed by atoms with Gasteiger partial charge in [0, 0.05) is 32.4 Å². The second kappa shape index (κ2) is 6.21. The molecule has 0 bridgehead atoms. The van der Waals surface area contributed by atoms with Crippen molar-refractivity contribution in [2.75, 3.05) is 39.8 Å². The Morgan fingerprint density at radius 2 is 2.00 bits per heavy atom. The monoisotopic (exact) mass is 363 g/mol. The number of aliphatic carboxylic acids is 1. The summed E-state index contributed by atoms with van der Waals surface area (Å²) in [7, 11) is 2.03. The van der Waals surface area contributed by atoms with E-state index in [-0.39, 0.29) is 11.6 Å². The van der Waals surface area contributed by atoms with Gasteiger partial charge in [0.25, 0.3) is 0 Å². The van der Waals surface area contributed by atoms with Crippen LogP contribution in [0.4, 0.5) is 4.39 Å². The average Bonchev–Trinajstić information content (AvgIpc) is 2.60. The predicted molar refractivity (Wildman–Crippen MR) is 90.5 cm³/mol. The first-order chi connectivity index (χ1) is 12.4. The molecule has 0 amide bonds. The van der Waals surface area contributed by atoms with E-state index in [0.717, 1.165) is 13.1 Å². The van der Waals surface area contributed by atoms with Gasteiger partial charge in [0.15, 0.2) is 5.78 Å². The lowest BCUT2D eigenvalue weighted by Gasteiger charge is -2.47. The Morgan fingerprint density at radius 3 is 2.65 bits per heavy atom. The molecule has 4 rings (SSSR count). The molecule has 140 valence electrons. The SMILES string of the molecule is C[C@H]1COC2=C3C(C=C(F)C2N2CCN(C)CC2)C(=O)C(C(=O)O)=CN31. The zero-order valence-electron chi connectivity index (χ0n) is 14.8. The second-order valence-corrected chi connectivity index (χ2v) is 7.30. The second-order valence-electron chi connectivity index (χ2n) is 7.30. The molecule has 4 aliphatic rings. The standard InChI is InChI=1S/C18H22FN3O4/c1-10-9-26-17-14-11(16(23)12(18(24)25)8-22(10)14)7-13(19)15(17)21-5-3-20(2)4-6-21/h7-8,10-11,15H,3-6,9H2,1-2H3,(H,24,25)/t10-,11?,15?/m0/s1. The van der Waals surface area contributed by atoms with Crippen LogP contribution in [0.25, 0.3) is 0 Å². The van der Waals surface area contributed by atoms with Crippen LogP contribution in [0.3, 0.4) is 0 Å². The van der Waals surface area contributed by atoms with Crippen molar-refractivity contribution >= 4 is 11.8 Å². The number of allylic oxidation sites excluding steroid dienone is 1. The Hall–Kier alpha value is -2.19. The van der Waals surface area contributed by atoms with Crippen LogP contribution in [0.2, 0.25) is 0 Å². The van der Waals surface area contributed by atoms with E-state index in [4.69, 9.17) is 4.74 Å². The molecule has 0 aromatic rings. The molecule has 8 heteroatoms. The van der Waals surface area contributed by atoms with E-state index in [0.29, 0.717) is 31.2 Å². The van der Waals surface area contributed by atoms with Crippen LogP contribution in [0.15, 0.2) is 35.1 Å². The Labute approximate surface area is 151 Å². The van der Waals surface area contributed by atoms with Crippen molar-refractivity contribution in [2.45, 2.75) is 19.0 Å². The fourth-order valence-corrected chi connectivity index (χ4v) is 4.06. The first-order valence-electron chi connectivity index (χ1n) is 8.82. The van der Waals surface area contributed by atoms with E-state index in [9.17, 15) is 14.7 Å². The number of carboxylic acid groups (broad SMARTS) is 1. The molecule has 3 heterocycles. The molecule has 1 saturated heterocycles. The van der Waals surface area contributed by atoms with Gasteiger partial charge in [0.2, 0.25) is 0 Å². The summed E-state index contributed by atoms with van der Waals surface area (Å²) >= 11 is 0. The molecule has 0 aromatic carbocycles. The summed E-state index contributed by atoms with van der Waals surface area (Å²) in [6, 6.07) is -0.765. The molecule has 0 aromatic heterocycles. The Kier molecular flexibility index (Phi) is 4.11.